The maximum Gasteiger partial charge on any atom is 0.264 e. The Labute approximate surface area is 254 Å². The summed E-state index contributed by atoms with van der Waals surface area (Å²) in [5.74, 6) is -0.489. The van der Waals surface area contributed by atoms with Crippen LogP contribution in [0.4, 0.5) is 5.69 Å². The van der Waals surface area contributed by atoms with Gasteiger partial charge in [-0.15, -0.1) is 0 Å². The molecule has 0 unspecified atom stereocenters. The standard InChI is InChI=1S/C32H40ClN3O5S/c1-6-24(5)34-32(38)28(7-2)35(21-25-15-13-23(4)14-16-25)31(37)22-36(29-11-9-10-12-30(29)41-8-3)42(39,40)27-19-17-26(33)18-20-27/h9-20,24,28H,6-8,21-22H2,1-5H3,(H,34,38)/t24-,28+/m1/s1. The molecule has 0 radical (unpaired) electrons. The summed E-state index contributed by atoms with van der Waals surface area (Å²) < 4.78 is 35.0. The summed E-state index contributed by atoms with van der Waals surface area (Å²) in [6, 6.07) is 19.2. The molecule has 3 rings (SSSR count). The van der Waals surface area contributed by atoms with Gasteiger partial charge in [-0.1, -0.05) is 67.4 Å². The van der Waals surface area contributed by atoms with E-state index >= 15 is 0 Å². The van der Waals surface area contributed by atoms with Gasteiger partial charge >= 0.3 is 0 Å². The Balaban J connectivity index is 2.10. The van der Waals surface area contributed by atoms with Crippen LogP contribution in [0.1, 0.15) is 51.7 Å². The Morgan fingerprint density at radius 2 is 1.57 bits per heavy atom. The van der Waals surface area contributed by atoms with Crippen LogP contribution in [-0.2, 0) is 26.2 Å². The van der Waals surface area contributed by atoms with Crippen molar-refractivity contribution in [1.82, 2.24) is 10.2 Å². The second-order valence-corrected chi connectivity index (χ2v) is 12.4. The van der Waals surface area contributed by atoms with Gasteiger partial charge in [-0.3, -0.25) is 13.9 Å². The average Bonchev–Trinajstić information content (AvgIpc) is 2.97. The van der Waals surface area contributed by atoms with Gasteiger partial charge in [-0.2, -0.15) is 0 Å². The maximum absolute atomic E-state index is 14.2. The molecule has 0 heterocycles. The predicted molar refractivity (Wildman–Crippen MR) is 167 cm³/mol. The molecule has 8 nitrogen and oxygen atoms in total. The van der Waals surface area contributed by atoms with Crippen molar-refractivity contribution in [2.45, 2.75) is 71.0 Å². The number of hydrogen-bond acceptors (Lipinski definition) is 5. The Hall–Kier alpha value is -3.56. The molecule has 0 aliphatic rings. The van der Waals surface area contributed by atoms with Crippen molar-refractivity contribution in [3.8, 4) is 5.75 Å². The van der Waals surface area contributed by atoms with Crippen LogP contribution in [0, 0.1) is 6.92 Å². The molecule has 3 aromatic carbocycles. The monoisotopic (exact) mass is 613 g/mol. The molecule has 226 valence electrons. The highest BCUT2D eigenvalue weighted by Crippen LogP contribution is 2.33. The molecule has 10 heteroatoms. The summed E-state index contributed by atoms with van der Waals surface area (Å²) in [6.45, 7) is 9.36. The minimum Gasteiger partial charge on any atom is -0.492 e. The van der Waals surface area contributed by atoms with Gasteiger partial charge in [0.25, 0.3) is 10.0 Å². The molecule has 0 aliphatic heterocycles. The van der Waals surface area contributed by atoms with Crippen LogP contribution >= 0.6 is 11.6 Å². The van der Waals surface area contributed by atoms with Crippen molar-refractivity contribution in [2.24, 2.45) is 0 Å². The van der Waals surface area contributed by atoms with Gasteiger partial charge in [0, 0.05) is 17.6 Å². The minimum atomic E-state index is -4.25. The van der Waals surface area contributed by atoms with E-state index in [0.29, 0.717) is 23.8 Å². The number of para-hydroxylation sites is 2. The number of hydrogen-bond donors (Lipinski definition) is 1. The fraction of sp³-hybridized carbons (Fsp3) is 0.375. The van der Waals surface area contributed by atoms with Gasteiger partial charge < -0.3 is 15.0 Å². The molecule has 1 N–H and O–H groups in total. The van der Waals surface area contributed by atoms with E-state index in [9.17, 15) is 18.0 Å². The molecule has 0 aromatic heterocycles. The Bertz CT molecular complexity index is 1450. The fourth-order valence-electron chi connectivity index (χ4n) is 4.44. The Kier molecular flexibility index (Phi) is 11.8. The van der Waals surface area contributed by atoms with E-state index in [1.807, 2.05) is 52.0 Å². The van der Waals surface area contributed by atoms with Gasteiger partial charge in [0.1, 0.15) is 18.3 Å². The average molecular weight is 614 g/mol. The first-order valence-electron chi connectivity index (χ1n) is 14.2. The zero-order valence-corrected chi connectivity index (χ0v) is 26.4. The first-order valence-corrected chi connectivity index (χ1v) is 16.0. The van der Waals surface area contributed by atoms with Crippen molar-refractivity contribution in [3.63, 3.8) is 0 Å². The number of carbonyl (C=O) groups is 2. The normalized spacial score (nSPS) is 12.7. The summed E-state index contributed by atoms with van der Waals surface area (Å²) in [7, 11) is -4.25. The van der Waals surface area contributed by atoms with Gasteiger partial charge in [-0.05, 0) is 75.6 Å². The lowest BCUT2D eigenvalue weighted by molar-refractivity contribution is -0.140. The highest BCUT2D eigenvalue weighted by Gasteiger charge is 2.35. The number of rotatable bonds is 14. The smallest absolute Gasteiger partial charge is 0.264 e. The molecule has 0 fully saturated rings. The third kappa shape index (κ3) is 8.26. The van der Waals surface area contributed by atoms with Crippen molar-refractivity contribution in [2.75, 3.05) is 17.5 Å². The largest absolute Gasteiger partial charge is 0.492 e. The van der Waals surface area contributed by atoms with Crippen LogP contribution in [0.3, 0.4) is 0 Å². The SMILES string of the molecule is CCOc1ccccc1N(CC(=O)N(Cc1ccc(C)cc1)[C@@H](CC)C(=O)N[C@H](C)CC)S(=O)(=O)c1ccc(Cl)cc1. The molecular weight excluding hydrogens is 574 g/mol. The van der Waals surface area contributed by atoms with E-state index in [-0.39, 0.29) is 29.1 Å². The number of anilines is 1. The number of amides is 2. The van der Waals surface area contributed by atoms with E-state index < -0.39 is 28.5 Å². The second kappa shape index (κ2) is 15.1. The number of nitrogens with one attached hydrogen (secondary N) is 1. The fourth-order valence-corrected chi connectivity index (χ4v) is 5.99. The lowest BCUT2D eigenvalue weighted by atomic mass is 10.1. The van der Waals surface area contributed by atoms with E-state index in [1.54, 1.807) is 31.2 Å². The van der Waals surface area contributed by atoms with E-state index in [2.05, 4.69) is 5.32 Å². The van der Waals surface area contributed by atoms with Crippen LogP contribution in [-0.4, -0.2) is 50.4 Å². The molecular formula is C32H40ClN3O5S. The lowest BCUT2D eigenvalue weighted by Crippen LogP contribution is -2.53. The zero-order chi connectivity index (χ0) is 30.9. The number of aryl methyl sites for hydroxylation is 1. The molecule has 0 bridgehead atoms. The Morgan fingerprint density at radius 1 is 0.929 bits per heavy atom. The number of nitrogens with zero attached hydrogens (tertiary/aromatic N) is 2. The molecule has 0 aliphatic carbocycles. The van der Waals surface area contributed by atoms with Crippen LogP contribution in [0.2, 0.25) is 5.02 Å². The molecule has 2 amide bonds. The second-order valence-electron chi connectivity index (χ2n) is 10.1. The molecule has 3 aromatic rings. The summed E-state index contributed by atoms with van der Waals surface area (Å²) in [6.07, 6.45) is 1.08. The zero-order valence-electron chi connectivity index (χ0n) is 24.8. The molecule has 42 heavy (non-hydrogen) atoms. The van der Waals surface area contributed by atoms with Crippen molar-refractivity contribution >= 4 is 39.1 Å². The van der Waals surface area contributed by atoms with E-state index in [4.69, 9.17) is 16.3 Å². The van der Waals surface area contributed by atoms with E-state index in [1.165, 1.54) is 29.2 Å². The van der Waals surface area contributed by atoms with E-state index in [0.717, 1.165) is 21.9 Å². The summed E-state index contributed by atoms with van der Waals surface area (Å²) >= 11 is 6.04. The highest BCUT2D eigenvalue weighted by molar-refractivity contribution is 7.92. The maximum atomic E-state index is 14.2. The summed E-state index contributed by atoms with van der Waals surface area (Å²) in [5.41, 5.74) is 2.10. The third-order valence-corrected chi connectivity index (χ3v) is 9.00. The van der Waals surface area contributed by atoms with Gasteiger partial charge in [0.15, 0.2) is 0 Å². The number of ether oxygens (including phenoxy) is 1. The van der Waals surface area contributed by atoms with Crippen LogP contribution in [0.5, 0.6) is 5.75 Å². The third-order valence-electron chi connectivity index (χ3n) is 6.97. The van der Waals surface area contributed by atoms with Gasteiger partial charge in [-0.25, -0.2) is 8.42 Å². The van der Waals surface area contributed by atoms with Crippen molar-refractivity contribution in [3.05, 3.63) is 88.9 Å². The summed E-state index contributed by atoms with van der Waals surface area (Å²) in [5, 5.41) is 3.37. The van der Waals surface area contributed by atoms with Crippen LogP contribution < -0.4 is 14.4 Å². The van der Waals surface area contributed by atoms with Crippen molar-refractivity contribution in [1.29, 1.82) is 0 Å². The van der Waals surface area contributed by atoms with Crippen LogP contribution in [0.25, 0.3) is 0 Å². The van der Waals surface area contributed by atoms with Crippen LogP contribution in [0.15, 0.2) is 77.7 Å². The topological polar surface area (TPSA) is 96.0 Å². The molecule has 0 saturated heterocycles. The molecule has 2 atom stereocenters. The van der Waals surface area contributed by atoms with Gasteiger partial charge in [0.2, 0.25) is 11.8 Å². The lowest BCUT2D eigenvalue weighted by Gasteiger charge is -2.34. The van der Waals surface area contributed by atoms with Crippen molar-refractivity contribution < 1.29 is 22.7 Å². The van der Waals surface area contributed by atoms with Gasteiger partial charge in [0.05, 0.1) is 17.2 Å². The highest BCUT2D eigenvalue weighted by atomic mass is 35.5. The molecule has 0 saturated carbocycles. The quantitative estimate of drug-likeness (QED) is 0.242. The number of carbonyl (C=O) groups excluding carboxylic acids is 2. The molecule has 0 spiro atoms. The number of halogens is 1. The number of sulfonamides is 1. The first kappa shape index (κ1) is 32.9. The first-order chi connectivity index (χ1) is 20.0. The number of benzene rings is 3. The predicted octanol–water partition coefficient (Wildman–Crippen LogP) is 5.96. The summed E-state index contributed by atoms with van der Waals surface area (Å²) in [4.78, 5) is 29.1. The Morgan fingerprint density at radius 3 is 2.17 bits per heavy atom. The minimum absolute atomic E-state index is 0.0300.